The van der Waals surface area contributed by atoms with Crippen molar-refractivity contribution in [3.05, 3.63) is 65.6 Å². The molecule has 0 fully saturated rings. The third-order valence-corrected chi connectivity index (χ3v) is 4.48. The van der Waals surface area contributed by atoms with Gasteiger partial charge in [-0.2, -0.15) is 4.98 Å². The van der Waals surface area contributed by atoms with E-state index in [0.29, 0.717) is 21.6 Å². The summed E-state index contributed by atoms with van der Waals surface area (Å²) < 4.78 is 1.68. The van der Waals surface area contributed by atoms with Gasteiger partial charge in [-0.25, -0.2) is 9.50 Å². The largest absolute Gasteiger partial charge is 0.321 e. The molecule has 0 aliphatic carbocycles. The van der Waals surface area contributed by atoms with Crippen LogP contribution in [0.2, 0.25) is 0 Å². The van der Waals surface area contributed by atoms with Crippen LogP contribution in [0.15, 0.2) is 58.7 Å². The van der Waals surface area contributed by atoms with Gasteiger partial charge in [-0.05, 0) is 55.9 Å². The minimum atomic E-state index is -0.314. The first kappa shape index (κ1) is 17.1. The van der Waals surface area contributed by atoms with Crippen LogP contribution in [-0.2, 0) is 0 Å². The maximum absolute atomic E-state index is 12.2. The van der Waals surface area contributed by atoms with Crippen LogP contribution in [0.3, 0.4) is 0 Å². The van der Waals surface area contributed by atoms with E-state index in [0.717, 1.165) is 11.4 Å². The number of benzene rings is 1. The van der Waals surface area contributed by atoms with Gasteiger partial charge in [0, 0.05) is 17.1 Å². The molecule has 1 amide bonds. The Hall–Kier alpha value is -3.33. The fourth-order valence-electron chi connectivity index (χ4n) is 2.50. The molecule has 0 atom stereocenters. The molecule has 0 aliphatic heterocycles. The van der Waals surface area contributed by atoms with Crippen LogP contribution < -0.4 is 5.32 Å². The number of nitrogens with zero attached hydrogens (tertiary/aromatic N) is 6. The van der Waals surface area contributed by atoms with Crippen molar-refractivity contribution in [2.45, 2.75) is 24.0 Å². The van der Waals surface area contributed by atoms with E-state index in [4.69, 9.17) is 0 Å². The second-order valence-corrected chi connectivity index (χ2v) is 6.81. The van der Waals surface area contributed by atoms with Gasteiger partial charge in [-0.3, -0.25) is 4.79 Å². The van der Waals surface area contributed by atoms with Crippen LogP contribution in [0.1, 0.15) is 21.9 Å². The number of aromatic nitrogens is 6. The van der Waals surface area contributed by atoms with Crippen molar-refractivity contribution in [3.8, 4) is 0 Å². The summed E-state index contributed by atoms with van der Waals surface area (Å²) in [5.74, 6) is 0.230. The normalized spacial score (nSPS) is 10.9. The van der Waals surface area contributed by atoms with Crippen LogP contribution >= 0.6 is 11.8 Å². The molecule has 3 heterocycles. The Balaban J connectivity index is 1.49. The lowest BCUT2D eigenvalue weighted by molar-refractivity contribution is 0.102. The molecule has 134 valence electrons. The predicted molar refractivity (Wildman–Crippen MR) is 101 cm³/mol. The summed E-state index contributed by atoms with van der Waals surface area (Å²) in [7, 11) is 0. The number of carbonyl (C=O) groups is 1. The first-order valence-electron chi connectivity index (χ1n) is 8.17. The van der Waals surface area contributed by atoms with E-state index < -0.39 is 0 Å². The number of anilines is 1. The molecule has 0 saturated heterocycles. The first-order chi connectivity index (χ1) is 13.1. The molecule has 0 spiro atoms. The summed E-state index contributed by atoms with van der Waals surface area (Å²) in [6.45, 7) is 3.87. The summed E-state index contributed by atoms with van der Waals surface area (Å²) in [4.78, 5) is 21.0. The van der Waals surface area contributed by atoms with Crippen molar-refractivity contribution in [2.24, 2.45) is 0 Å². The molecular weight excluding hydrogens is 362 g/mol. The second kappa shape index (κ2) is 7.12. The van der Waals surface area contributed by atoms with Gasteiger partial charge < -0.3 is 5.32 Å². The summed E-state index contributed by atoms with van der Waals surface area (Å²) in [6, 6.07) is 14.5. The molecule has 1 aromatic carbocycles. The number of rotatable bonds is 4. The molecule has 8 nitrogen and oxygen atoms in total. The molecule has 0 saturated carbocycles. The van der Waals surface area contributed by atoms with Crippen molar-refractivity contribution in [3.63, 3.8) is 0 Å². The van der Waals surface area contributed by atoms with Gasteiger partial charge >= 0.3 is 0 Å². The topological polar surface area (TPSA) is 98.0 Å². The maximum atomic E-state index is 12.2. The molecule has 9 heteroatoms. The number of aryl methyl sites for hydroxylation is 2. The summed E-state index contributed by atoms with van der Waals surface area (Å²) in [6.07, 6.45) is 0. The summed E-state index contributed by atoms with van der Waals surface area (Å²) in [5, 5.41) is 16.4. The number of hydrogen-bond donors (Lipinski definition) is 1. The van der Waals surface area contributed by atoms with Crippen molar-refractivity contribution < 1.29 is 4.79 Å². The van der Waals surface area contributed by atoms with Gasteiger partial charge in [0.05, 0.1) is 0 Å². The third kappa shape index (κ3) is 3.77. The molecule has 4 rings (SSSR count). The zero-order valence-corrected chi connectivity index (χ0v) is 15.4. The highest BCUT2D eigenvalue weighted by atomic mass is 32.2. The Morgan fingerprint density at radius 2 is 1.85 bits per heavy atom. The van der Waals surface area contributed by atoms with E-state index in [1.165, 1.54) is 11.8 Å². The number of amides is 1. The molecular formula is C18H15N7OS. The molecule has 0 radical (unpaired) electrons. The average Bonchev–Trinajstić information content (AvgIpc) is 3.06. The minimum Gasteiger partial charge on any atom is -0.321 e. The Labute approximate surface area is 159 Å². The zero-order chi connectivity index (χ0) is 18.8. The van der Waals surface area contributed by atoms with E-state index in [1.54, 1.807) is 16.6 Å². The monoisotopic (exact) mass is 377 g/mol. The Morgan fingerprint density at radius 1 is 1.04 bits per heavy atom. The van der Waals surface area contributed by atoms with Crippen molar-refractivity contribution in [1.29, 1.82) is 0 Å². The number of carbonyl (C=O) groups excluding carboxylic acids is 1. The molecule has 3 aromatic heterocycles. The van der Waals surface area contributed by atoms with Gasteiger partial charge in [-0.1, -0.05) is 18.2 Å². The standard InChI is InChI=1S/C18H15N7OS/c1-11-10-12(2)25-17(19-11)21-18(24-25)27-15-9-8-14(22-23-15)16(26)20-13-6-4-3-5-7-13/h3-10H,1-2H3,(H,20,26). The van der Waals surface area contributed by atoms with Gasteiger partial charge in [0.25, 0.3) is 11.7 Å². The predicted octanol–water partition coefficient (Wildman–Crippen LogP) is 2.93. The van der Waals surface area contributed by atoms with Crippen molar-refractivity contribution >= 4 is 29.1 Å². The number of nitrogens with one attached hydrogen (secondary N) is 1. The fourth-order valence-corrected chi connectivity index (χ4v) is 3.15. The van der Waals surface area contributed by atoms with Crippen LogP contribution in [0, 0.1) is 13.8 Å². The number of para-hydroxylation sites is 1. The van der Waals surface area contributed by atoms with Crippen LogP contribution in [0.5, 0.6) is 0 Å². The quantitative estimate of drug-likeness (QED) is 0.584. The van der Waals surface area contributed by atoms with Crippen molar-refractivity contribution in [1.82, 2.24) is 29.8 Å². The second-order valence-electron chi connectivity index (χ2n) is 5.82. The average molecular weight is 377 g/mol. The Bertz CT molecular complexity index is 1110. The smallest absolute Gasteiger partial charge is 0.276 e. The summed E-state index contributed by atoms with van der Waals surface area (Å²) in [5.41, 5.74) is 2.78. The SMILES string of the molecule is Cc1cc(C)n2nc(Sc3ccc(C(=O)Nc4ccccc4)nn3)nc2n1. The van der Waals surface area contributed by atoms with E-state index >= 15 is 0 Å². The van der Waals surface area contributed by atoms with Crippen molar-refractivity contribution in [2.75, 3.05) is 5.32 Å². The molecule has 1 N–H and O–H groups in total. The van der Waals surface area contributed by atoms with Crippen LogP contribution in [-0.4, -0.2) is 35.7 Å². The maximum Gasteiger partial charge on any atom is 0.276 e. The molecule has 27 heavy (non-hydrogen) atoms. The van der Waals surface area contributed by atoms with E-state index in [-0.39, 0.29) is 11.6 Å². The minimum absolute atomic E-state index is 0.235. The molecule has 0 unspecified atom stereocenters. The van der Waals surface area contributed by atoms with Gasteiger partial charge in [-0.15, -0.1) is 15.3 Å². The lowest BCUT2D eigenvalue weighted by Crippen LogP contribution is -2.14. The van der Waals surface area contributed by atoms with Crippen LogP contribution in [0.25, 0.3) is 5.78 Å². The van der Waals surface area contributed by atoms with Gasteiger partial charge in [0.1, 0.15) is 5.03 Å². The number of fused-ring (bicyclic) bond motifs is 1. The van der Waals surface area contributed by atoms with Crippen LogP contribution in [0.4, 0.5) is 5.69 Å². The van der Waals surface area contributed by atoms with Gasteiger partial charge in [0.2, 0.25) is 5.16 Å². The molecule has 0 aliphatic rings. The zero-order valence-electron chi connectivity index (χ0n) is 14.6. The highest BCUT2D eigenvalue weighted by Crippen LogP contribution is 2.23. The van der Waals surface area contributed by atoms with E-state index in [9.17, 15) is 4.79 Å². The molecule has 4 aromatic rings. The first-order valence-corrected chi connectivity index (χ1v) is 8.99. The lowest BCUT2D eigenvalue weighted by Gasteiger charge is -2.03. The highest BCUT2D eigenvalue weighted by Gasteiger charge is 2.12. The van der Waals surface area contributed by atoms with E-state index in [1.807, 2.05) is 50.2 Å². The van der Waals surface area contributed by atoms with Gasteiger partial charge in [0.15, 0.2) is 5.69 Å². The third-order valence-electron chi connectivity index (χ3n) is 3.70. The number of hydrogen-bond acceptors (Lipinski definition) is 7. The Morgan fingerprint density at radius 3 is 2.59 bits per heavy atom. The fraction of sp³-hybridized carbons (Fsp3) is 0.111. The molecule has 0 bridgehead atoms. The Kier molecular flexibility index (Phi) is 4.51. The van der Waals surface area contributed by atoms with E-state index in [2.05, 4.69) is 30.6 Å². The lowest BCUT2D eigenvalue weighted by atomic mass is 10.3. The highest BCUT2D eigenvalue weighted by molar-refractivity contribution is 7.99. The summed E-state index contributed by atoms with van der Waals surface area (Å²) >= 11 is 1.26.